The molecule has 0 spiro atoms. The van der Waals surface area contributed by atoms with Crippen molar-refractivity contribution in [2.24, 2.45) is 0 Å². The van der Waals surface area contributed by atoms with Gasteiger partial charge in [0.1, 0.15) is 0 Å². The maximum Gasteiger partial charge on any atom is 0.00658 e. The van der Waals surface area contributed by atoms with Gasteiger partial charge in [0, 0.05) is 4.91 Å². The molecular weight excluding hydrogens is 140 g/mol. The Kier molecular flexibility index (Phi) is 6.40. The van der Waals surface area contributed by atoms with Crippen molar-refractivity contribution in [2.75, 3.05) is 5.75 Å². The smallest absolute Gasteiger partial charge is 0.00658 e. The number of allylic oxidation sites excluding steroid dienone is 3. The summed E-state index contributed by atoms with van der Waals surface area (Å²) < 4.78 is 0. The van der Waals surface area contributed by atoms with Crippen LogP contribution in [-0.2, 0) is 0 Å². The number of hydrogen-bond donors (Lipinski definition) is 0. The summed E-state index contributed by atoms with van der Waals surface area (Å²) in [6, 6.07) is 0. The van der Waals surface area contributed by atoms with Crippen LogP contribution in [0.25, 0.3) is 0 Å². The average molecular weight is 154 g/mol. The number of rotatable bonds is 5. The van der Waals surface area contributed by atoms with Gasteiger partial charge < -0.3 is 0 Å². The van der Waals surface area contributed by atoms with Gasteiger partial charge in [-0.1, -0.05) is 32.2 Å². The highest BCUT2D eigenvalue weighted by atomic mass is 32.2. The molecule has 0 heterocycles. The first-order valence-electron chi connectivity index (χ1n) is 3.43. The Morgan fingerprint density at radius 3 is 2.60 bits per heavy atom. The van der Waals surface area contributed by atoms with Crippen LogP contribution in [0.1, 0.15) is 13.3 Å². The van der Waals surface area contributed by atoms with Crippen molar-refractivity contribution in [3.8, 4) is 0 Å². The van der Waals surface area contributed by atoms with E-state index in [-0.39, 0.29) is 0 Å². The monoisotopic (exact) mass is 154 g/mol. The first-order chi connectivity index (χ1) is 4.85. The molecule has 0 saturated heterocycles. The van der Waals surface area contributed by atoms with Crippen LogP contribution in [0.15, 0.2) is 36.3 Å². The van der Waals surface area contributed by atoms with E-state index < -0.39 is 0 Å². The summed E-state index contributed by atoms with van der Waals surface area (Å²) in [7, 11) is 0. The third-order valence-corrected chi connectivity index (χ3v) is 2.20. The van der Waals surface area contributed by atoms with Crippen molar-refractivity contribution in [1.82, 2.24) is 0 Å². The minimum atomic E-state index is 1.16. The van der Waals surface area contributed by atoms with Crippen LogP contribution in [-0.4, -0.2) is 5.75 Å². The zero-order valence-corrected chi connectivity index (χ0v) is 7.29. The lowest BCUT2D eigenvalue weighted by Crippen LogP contribution is -1.74. The first-order valence-corrected chi connectivity index (χ1v) is 4.41. The Balaban J connectivity index is 3.70. The van der Waals surface area contributed by atoms with E-state index >= 15 is 0 Å². The minimum absolute atomic E-state index is 1.16. The zero-order valence-electron chi connectivity index (χ0n) is 6.47. The van der Waals surface area contributed by atoms with Gasteiger partial charge in [0.25, 0.3) is 0 Å². The molecule has 0 aliphatic heterocycles. The summed E-state index contributed by atoms with van der Waals surface area (Å²) in [6.07, 6.45) is 6.84. The standard InChI is InChI=1S/C9H14S/c1-4-7-9(6-3)10-8-5-2/h4,6-7H,1,3,5,8H2,2H3/b9-7+. The van der Waals surface area contributed by atoms with Crippen LogP contribution in [0.4, 0.5) is 0 Å². The molecule has 0 aromatic rings. The van der Waals surface area contributed by atoms with E-state index in [1.165, 1.54) is 11.3 Å². The average Bonchev–Trinajstić information content (AvgIpc) is 1.98. The van der Waals surface area contributed by atoms with Crippen molar-refractivity contribution in [2.45, 2.75) is 13.3 Å². The fraction of sp³-hybridized carbons (Fsp3) is 0.333. The molecule has 0 N–H and O–H groups in total. The lowest BCUT2D eigenvalue weighted by molar-refractivity contribution is 1.11. The first kappa shape index (κ1) is 9.57. The third kappa shape index (κ3) is 4.45. The minimum Gasteiger partial charge on any atom is -0.126 e. The van der Waals surface area contributed by atoms with Gasteiger partial charge in [-0.2, -0.15) is 0 Å². The summed E-state index contributed by atoms with van der Waals surface area (Å²) in [6.45, 7) is 9.48. The highest BCUT2D eigenvalue weighted by Crippen LogP contribution is 2.16. The molecule has 0 saturated carbocycles. The van der Waals surface area contributed by atoms with Gasteiger partial charge in [0.2, 0.25) is 0 Å². The van der Waals surface area contributed by atoms with E-state index in [0.717, 1.165) is 5.75 Å². The van der Waals surface area contributed by atoms with E-state index in [2.05, 4.69) is 20.1 Å². The van der Waals surface area contributed by atoms with E-state index in [0.29, 0.717) is 0 Å². The van der Waals surface area contributed by atoms with Gasteiger partial charge in [-0.3, -0.25) is 0 Å². The van der Waals surface area contributed by atoms with Gasteiger partial charge in [-0.25, -0.2) is 0 Å². The normalized spacial score (nSPS) is 11.1. The lowest BCUT2D eigenvalue weighted by atomic mass is 10.5. The lowest BCUT2D eigenvalue weighted by Gasteiger charge is -1.96. The molecule has 0 aliphatic rings. The van der Waals surface area contributed by atoms with E-state index in [1.807, 2.05) is 23.9 Å². The largest absolute Gasteiger partial charge is 0.126 e. The topological polar surface area (TPSA) is 0 Å². The molecule has 0 aliphatic carbocycles. The molecule has 0 fully saturated rings. The summed E-state index contributed by atoms with van der Waals surface area (Å²) >= 11 is 1.82. The Morgan fingerprint density at radius 2 is 2.20 bits per heavy atom. The fourth-order valence-corrected chi connectivity index (χ4v) is 1.26. The van der Waals surface area contributed by atoms with Gasteiger partial charge in [0.15, 0.2) is 0 Å². The zero-order chi connectivity index (χ0) is 7.82. The van der Waals surface area contributed by atoms with Gasteiger partial charge in [-0.05, 0) is 18.2 Å². The van der Waals surface area contributed by atoms with Crippen molar-refractivity contribution in [3.63, 3.8) is 0 Å². The van der Waals surface area contributed by atoms with Crippen molar-refractivity contribution >= 4 is 11.8 Å². The molecule has 1 heteroatoms. The number of hydrogen-bond acceptors (Lipinski definition) is 1. The van der Waals surface area contributed by atoms with Crippen LogP contribution >= 0.6 is 11.8 Å². The Bertz CT molecular complexity index is 134. The fourth-order valence-electron chi connectivity index (χ4n) is 0.511. The van der Waals surface area contributed by atoms with Gasteiger partial charge in [0.05, 0.1) is 0 Å². The third-order valence-electron chi connectivity index (χ3n) is 0.956. The molecule has 0 bridgehead atoms. The second-order valence-electron chi connectivity index (χ2n) is 1.86. The Morgan fingerprint density at radius 1 is 1.50 bits per heavy atom. The maximum atomic E-state index is 3.70. The molecule has 0 radical (unpaired) electrons. The molecular formula is C9H14S. The van der Waals surface area contributed by atoms with Crippen molar-refractivity contribution in [3.05, 3.63) is 36.3 Å². The predicted octanol–water partition coefficient (Wildman–Crippen LogP) is 3.39. The number of thioether (sulfide) groups is 1. The van der Waals surface area contributed by atoms with Gasteiger partial charge >= 0.3 is 0 Å². The van der Waals surface area contributed by atoms with Crippen LogP contribution in [0, 0.1) is 0 Å². The van der Waals surface area contributed by atoms with Crippen molar-refractivity contribution in [1.29, 1.82) is 0 Å². The van der Waals surface area contributed by atoms with Crippen LogP contribution in [0.2, 0.25) is 0 Å². The molecule has 0 nitrogen and oxygen atoms in total. The molecule has 0 aromatic heterocycles. The van der Waals surface area contributed by atoms with E-state index in [1.54, 1.807) is 6.08 Å². The second kappa shape index (κ2) is 6.69. The van der Waals surface area contributed by atoms with E-state index in [9.17, 15) is 0 Å². The van der Waals surface area contributed by atoms with E-state index in [4.69, 9.17) is 0 Å². The highest BCUT2D eigenvalue weighted by molar-refractivity contribution is 8.03. The predicted molar refractivity (Wildman–Crippen MR) is 51.2 cm³/mol. The molecule has 56 valence electrons. The van der Waals surface area contributed by atoms with Crippen molar-refractivity contribution < 1.29 is 0 Å². The molecule has 0 aromatic carbocycles. The molecule has 0 amide bonds. The SMILES string of the molecule is C=C/C=C(\C=C)SCCC. The Hall–Kier alpha value is -0.430. The molecule has 0 unspecified atom stereocenters. The highest BCUT2D eigenvalue weighted by Gasteiger charge is 1.87. The molecule has 0 rings (SSSR count). The molecule has 0 atom stereocenters. The quantitative estimate of drug-likeness (QED) is 0.547. The second-order valence-corrected chi connectivity index (χ2v) is 3.03. The summed E-state index contributed by atoms with van der Waals surface area (Å²) in [5.41, 5.74) is 0. The summed E-state index contributed by atoms with van der Waals surface area (Å²) in [5, 5.41) is 0. The summed E-state index contributed by atoms with van der Waals surface area (Å²) in [5.74, 6) is 1.16. The van der Waals surface area contributed by atoms with Crippen LogP contribution in [0.5, 0.6) is 0 Å². The molecule has 10 heavy (non-hydrogen) atoms. The van der Waals surface area contributed by atoms with Crippen LogP contribution in [0.3, 0.4) is 0 Å². The summed E-state index contributed by atoms with van der Waals surface area (Å²) in [4.78, 5) is 1.21. The Labute approximate surface area is 67.7 Å². The maximum absolute atomic E-state index is 3.70. The van der Waals surface area contributed by atoms with Crippen LogP contribution < -0.4 is 0 Å². The van der Waals surface area contributed by atoms with Gasteiger partial charge in [-0.15, -0.1) is 11.8 Å².